The van der Waals surface area contributed by atoms with Crippen molar-refractivity contribution in [2.75, 3.05) is 146 Å². The van der Waals surface area contributed by atoms with Gasteiger partial charge in [0.15, 0.2) is 0 Å². The molecule has 0 spiro atoms. The molecule has 7 N–H and O–H groups in total. The van der Waals surface area contributed by atoms with Gasteiger partial charge in [-0.2, -0.15) is 0 Å². The average molecular weight is 1290 g/mol. The van der Waals surface area contributed by atoms with Crippen LogP contribution >= 0.6 is 0 Å². The summed E-state index contributed by atoms with van der Waals surface area (Å²) in [7, 11) is 3.58. The van der Waals surface area contributed by atoms with Crippen LogP contribution in [-0.4, -0.2) is 238 Å². The number of carbonyl (C=O) groups excluding carboxylic acids is 6. The van der Waals surface area contributed by atoms with Crippen LogP contribution in [0.3, 0.4) is 0 Å². The molecular weight excluding hydrogens is 1170 g/mol. The Bertz CT molecular complexity index is 1870. The number of carboxylic acids is 2. The largest absolute Gasteiger partial charge is 0.481 e. The Hall–Kier alpha value is -4.60. The molecule has 1 aliphatic rings. The molecule has 0 aromatic rings. The molecule has 1 saturated heterocycles. The lowest BCUT2D eigenvalue weighted by Gasteiger charge is -2.35. The van der Waals surface area contributed by atoms with Crippen molar-refractivity contribution in [3.05, 3.63) is 0 Å². The number of carbonyl (C=O) groups is 8. The Balaban J connectivity index is 2.64. The molecule has 1 fully saturated rings. The molecule has 0 aromatic carbocycles. The van der Waals surface area contributed by atoms with Gasteiger partial charge in [-0.05, 0) is 51.5 Å². The van der Waals surface area contributed by atoms with E-state index in [1.54, 1.807) is 18.9 Å². The number of unbranched alkanes of at least 4 members (excludes halogenated alkanes) is 17. The van der Waals surface area contributed by atoms with E-state index in [1.807, 2.05) is 14.0 Å². The van der Waals surface area contributed by atoms with Gasteiger partial charge >= 0.3 is 11.9 Å². The number of nitrogens with zero attached hydrogens (tertiary/aromatic N) is 2. The van der Waals surface area contributed by atoms with E-state index in [4.69, 9.17) is 37.9 Å². The van der Waals surface area contributed by atoms with Gasteiger partial charge in [0.1, 0.15) is 24.2 Å². The van der Waals surface area contributed by atoms with Crippen LogP contribution in [0.15, 0.2) is 0 Å². The van der Waals surface area contributed by atoms with Gasteiger partial charge in [-0.15, -0.1) is 0 Å². The van der Waals surface area contributed by atoms with Crippen molar-refractivity contribution in [1.29, 1.82) is 0 Å². The van der Waals surface area contributed by atoms with Gasteiger partial charge in [0.05, 0.1) is 99.1 Å². The Labute approximate surface area is 538 Å². The molecule has 25 nitrogen and oxygen atoms in total. The number of methoxy groups -OCH3 is 1. The third-order valence-electron chi connectivity index (χ3n) is 15.7. The zero-order valence-electron chi connectivity index (χ0n) is 55.9. The van der Waals surface area contributed by atoms with Crippen LogP contribution in [0.4, 0.5) is 0 Å². The highest BCUT2D eigenvalue weighted by molar-refractivity contribution is 5.96. The SMILES string of the molecule is CCCCCCCCCCCCCCCCCCCC(=O)NC(CCC(=O)O)C(=O)N[C@@H](CCC(=O)O)C(=O)N[C@H](C(=O)N[C@@H](CCCCNC(=O)CCOCCOCCOCCOCCOCCOCCOCCOC)C(=O)N1CCN(C)CC1)[C@@H](C)CC. The van der Waals surface area contributed by atoms with Gasteiger partial charge < -0.3 is 84.5 Å². The molecule has 1 aliphatic heterocycles. The highest BCUT2D eigenvalue weighted by Gasteiger charge is 2.35. The minimum atomic E-state index is -1.48. The second-order valence-corrected chi connectivity index (χ2v) is 23.4. The predicted molar refractivity (Wildman–Crippen MR) is 343 cm³/mol. The Morgan fingerprint density at radius 2 is 0.811 bits per heavy atom. The highest BCUT2D eigenvalue weighted by Crippen LogP contribution is 2.17. The van der Waals surface area contributed by atoms with Crippen molar-refractivity contribution in [1.82, 2.24) is 36.4 Å². The summed E-state index contributed by atoms with van der Waals surface area (Å²) in [5.74, 6) is -6.23. The average Bonchev–Trinajstić information content (AvgIpc) is 1.28. The molecule has 0 aromatic heterocycles. The molecule has 524 valence electrons. The van der Waals surface area contributed by atoms with E-state index in [0.29, 0.717) is 151 Å². The number of amides is 6. The molecule has 0 radical (unpaired) electrons. The molecule has 1 unspecified atom stereocenters. The van der Waals surface area contributed by atoms with E-state index in [1.165, 1.54) is 77.0 Å². The third-order valence-corrected chi connectivity index (χ3v) is 15.7. The molecule has 6 amide bonds. The number of ether oxygens (including phenoxy) is 8. The summed E-state index contributed by atoms with van der Waals surface area (Å²) in [5.41, 5.74) is 0. The van der Waals surface area contributed by atoms with E-state index >= 15 is 0 Å². The number of hydrogen-bond acceptors (Lipinski definition) is 17. The van der Waals surface area contributed by atoms with Crippen LogP contribution < -0.4 is 26.6 Å². The van der Waals surface area contributed by atoms with Gasteiger partial charge in [0.2, 0.25) is 35.4 Å². The van der Waals surface area contributed by atoms with E-state index in [-0.39, 0.29) is 50.5 Å². The summed E-state index contributed by atoms with van der Waals surface area (Å²) >= 11 is 0. The standard InChI is InChI=1S/C65H121N7O18/c1-6-8-9-10-11-12-13-14-15-16-17-18-19-20-21-22-23-27-58(74)67-54(28-30-59(75)76)62(79)68-55(29-31-60(77)78)63(80)70-61(53(3)7-2)64(81)69-56(65(82)72-36-34-71(4)35-37-72)26-24-25-33-66-57(73)32-38-84-41-42-86-45-46-88-49-50-90-52-51-89-48-47-87-44-43-85-40-39-83-5/h53-56,61H,6-52H2,1-5H3,(H,66,73)(H,67,74)(H,68,79)(H,69,81)(H,70,80)(H,75,76)(H,77,78)/t53-,54?,55-,56-,61-/m0/s1. The summed E-state index contributed by atoms with van der Waals surface area (Å²) in [4.78, 5) is 109. The van der Waals surface area contributed by atoms with Gasteiger partial charge in [0, 0.05) is 65.5 Å². The third kappa shape index (κ3) is 47.3. The van der Waals surface area contributed by atoms with Crippen molar-refractivity contribution >= 4 is 47.4 Å². The first-order valence-corrected chi connectivity index (χ1v) is 34.0. The van der Waals surface area contributed by atoms with Crippen molar-refractivity contribution < 1.29 is 86.5 Å². The maximum absolute atomic E-state index is 14.3. The number of piperazine rings is 1. The lowest BCUT2D eigenvalue weighted by molar-refractivity contribution is -0.140. The number of hydrogen-bond donors (Lipinski definition) is 7. The topological polar surface area (TPSA) is 317 Å². The van der Waals surface area contributed by atoms with E-state index in [9.17, 15) is 48.6 Å². The van der Waals surface area contributed by atoms with Crippen LogP contribution in [0.5, 0.6) is 0 Å². The smallest absolute Gasteiger partial charge is 0.303 e. The predicted octanol–water partition coefficient (Wildman–Crippen LogP) is 5.96. The van der Waals surface area contributed by atoms with Gasteiger partial charge in [-0.1, -0.05) is 130 Å². The molecule has 0 saturated carbocycles. The minimum absolute atomic E-state index is 0.120. The maximum atomic E-state index is 14.3. The summed E-state index contributed by atoms with van der Waals surface area (Å²) in [6.07, 6.45) is 20.5. The lowest BCUT2D eigenvalue weighted by atomic mass is 9.96. The zero-order chi connectivity index (χ0) is 66.1. The minimum Gasteiger partial charge on any atom is -0.481 e. The van der Waals surface area contributed by atoms with Crippen LogP contribution in [0, 0.1) is 5.92 Å². The molecule has 1 rings (SSSR count). The summed E-state index contributed by atoms with van der Waals surface area (Å²) in [5, 5.41) is 32.8. The molecule has 90 heavy (non-hydrogen) atoms. The van der Waals surface area contributed by atoms with E-state index in [0.717, 1.165) is 25.7 Å². The lowest BCUT2D eigenvalue weighted by Crippen LogP contribution is -2.60. The van der Waals surface area contributed by atoms with Gasteiger partial charge in [0.25, 0.3) is 0 Å². The fourth-order valence-corrected chi connectivity index (χ4v) is 9.86. The Morgan fingerprint density at radius 3 is 1.24 bits per heavy atom. The number of likely N-dealkylation sites (N-methyl/N-ethyl adjacent to an activating group) is 1. The van der Waals surface area contributed by atoms with E-state index < -0.39 is 78.5 Å². The normalized spacial score (nSPS) is 14.3. The fraction of sp³-hybridized carbons (Fsp3) is 0.877. The maximum Gasteiger partial charge on any atom is 0.303 e. The molecule has 0 bridgehead atoms. The molecule has 5 atom stereocenters. The van der Waals surface area contributed by atoms with Crippen LogP contribution in [-0.2, 0) is 76.3 Å². The van der Waals surface area contributed by atoms with E-state index in [2.05, 4.69) is 38.4 Å². The molecular formula is C65H121N7O18. The van der Waals surface area contributed by atoms with Crippen LogP contribution in [0.25, 0.3) is 0 Å². The first-order valence-electron chi connectivity index (χ1n) is 34.0. The quantitative estimate of drug-likeness (QED) is 0.0346. The van der Waals surface area contributed by atoms with Crippen LogP contribution in [0.2, 0.25) is 0 Å². The summed E-state index contributed by atoms with van der Waals surface area (Å²) in [6.45, 7) is 14.8. The highest BCUT2D eigenvalue weighted by atomic mass is 16.6. The van der Waals surface area contributed by atoms with Gasteiger partial charge in [-0.3, -0.25) is 38.4 Å². The van der Waals surface area contributed by atoms with Crippen LogP contribution in [0.1, 0.15) is 194 Å². The number of carboxylic acid groups (broad SMARTS) is 2. The second-order valence-electron chi connectivity index (χ2n) is 23.4. The summed E-state index contributed by atoms with van der Waals surface area (Å²) < 4.78 is 43.2. The number of aliphatic carboxylic acids is 2. The monoisotopic (exact) mass is 1290 g/mol. The first-order chi connectivity index (χ1) is 43.6. The molecule has 25 heteroatoms. The first kappa shape index (κ1) is 83.4. The number of rotatable bonds is 63. The molecule has 1 heterocycles. The Kier molecular flexibility index (Phi) is 54.0. The van der Waals surface area contributed by atoms with Crippen molar-refractivity contribution in [3.63, 3.8) is 0 Å². The fourth-order valence-electron chi connectivity index (χ4n) is 9.86. The summed E-state index contributed by atoms with van der Waals surface area (Å²) in [6, 6.07) is -5.00. The second kappa shape index (κ2) is 58.2. The molecule has 0 aliphatic carbocycles. The number of nitrogens with one attached hydrogen (secondary N) is 5. The van der Waals surface area contributed by atoms with Crippen molar-refractivity contribution in [2.24, 2.45) is 5.92 Å². The Morgan fingerprint density at radius 1 is 0.411 bits per heavy atom. The van der Waals surface area contributed by atoms with Gasteiger partial charge in [-0.25, -0.2) is 0 Å². The van der Waals surface area contributed by atoms with Crippen molar-refractivity contribution in [3.8, 4) is 0 Å². The van der Waals surface area contributed by atoms with Crippen molar-refractivity contribution in [2.45, 2.75) is 218 Å². The zero-order valence-corrected chi connectivity index (χ0v) is 55.9.